The third-order valence-corrected chi connectivity index (χ3v) is 6.45. The Morgan fingerprint density at radius 3 is 2.76 bits per heavy atom. The molecular weight excluding hydrogens is 446 g/mol. The first-order chi connectivity index (χ1) is 13.8. The summed E-state index contributed by atoms with van der Waals surface area (Å²) in [5.41, 5.74) is 2.77. The molecule has 0 fully saturated rings. The molecule has 0 amide bonds. The third kappa shape index (κ3) is 3.84. The average Bonchev–Trinajstić information content (AvgIpc) is 3.26. The van der Waals surface area contributed by atoms with Gasteiger partial charge in [0.05, 0.1) is 20.1 Å². The molecular formula is C22H21BrF2O4. The predicted molar refractivity (Wildman–Crippen MR) is 107 cm³/mol. The maximum Gasteiger partial charge on any atom is 0.306 e. The van der Waals surface area contributed by atoms with E-state index in [0.29, 0.717) is 29.0 Å². The molecule has 29 heavy (non-hydrogen) atoms. The Labute approximate surface area is 176 Å². The van der Waals surface area contributed by atoms with E-state index < -0.39 is 5.92 Å². The quantitative estimate of drug-likeness (QED) is 0.532. The lowest BCUT2D eigenvalue weighted by Crippen LogP contribution is -2.10. The maximum absolute atomic E-state index is 13.8. The highest BCUT2D eigenvalue weighted by Gasteiger charge is 2.34. The lowest BCUT2D eigenvalue weighted by molar-refractivity contribution is -0.141. The maximum atomic E-state index is 13.8. The highest BCUT2D eigenvalue weighted by atomic mass is 79.9. The average molecular weight is 467 g/mol. The van der Waals surface area contributed by atoms with Gasteiger partial charge in [-0.05, 0) is 46.0 Å². The number of hydrogen-bond acceptors (Lipinski definition) is 4. The van der Waals surface area contributed by atoms with E-state index >= 15 is 0 Å². The van der Waals surface area contributed by atoms with E-state index in [4.69, 9.17) is 14.2 Å². The van der Waals surface area contributed by atoms with E-state index in [1.54, 1.807) is 6.07 Å². The topological polar surface area (TPSA) is 44.8 Å². The molecule has 7 heteroatoms. The van der Waals surface area contributed by atoms with Crippen LogP contribution in [0.3, 0.4) is 0 Å². The first-order valence-electron chi connectivity index (χ1n) is 9.47. The predicted octanol–water partition coefficient (Wildman–Crippen LogP) is 5.67. The molecule has 0 saturated heterocycles. The number of fused-ring (bicyclic) bond motifs is 2. The van der Waals surface area contributed by atoms with Crippen LogP contribution in [0.25, 0.3) is 0 Å². The fourth-order valence-electron chi connectivity index (χ4n) is 4.03. The summed E-state index contributed by atoms with van der Waals surface area (Å²) in [6.07, 6.45) is 1.46. The number of esters is 1. The molecule has 4 nitrogen and oxygen atoms in total. The van der Waals surface area contributed by atoms with Crippen molar-refractivity contribution < 1.29 is 27.8 Å². The van der Waals surface area contributed by atoms with Crippen molar-refractivity contribution in [2.75, 3.05) is 13.7 Å². The fourth-order valence-corrected chi connectivity index (χ4v) is 4.94. The molecule has 0 radical (unpaired) electrons. The molecule has 2 aromatic rings. The summed E-state index contributed by atoms with van der Waals surface area (Å²) in [5, 5.41) is 0. The first-order valence-corrected chi connectivity index (χ1v) is 10.3. The normalized spacial score (nSPS) is 20.0. The van der Waals surface area contributed by atoms with Crippen molar-refractivity contribution in [1.82, 2.24) is 0 Å². The zero-order valence-electron chi connectivity index (χ0n) is 16.1. The summed E-state index contributed by atoms with van der Waals surface area (Å²) in [7, 11) is 1.37. The monoisotopic (exact) mass is 466 g/mol. The Balaban J connectivity index is 1.53. The van der Waals surface area contributed by atoms with Gasteiger partial charge in [0.1, 0.15) is 17.6 Å². The van der Waals surface area contributed by atoms with Gasteiger partial charge in [-0.15, -0.1) is 0 Å². The third-order valence-electron chi connectivity index (χ3n) is 5.54. The van der Waals surface area contributed by atoms with Gasteiger partial charge in [0.25, 0.3) is 5.92 Å². The molecule has 154 valence electrons. The van der Waals surface area contributed by atoms with E-state index in [9.17, 15) is 13.6 Å². The van der Waals surface area contributed by atoms with E-state index in [2.05, 4.69) is 15.9 Å². The molecule has 2 aliphatic rings. The van der Waals surface area contributed by atoms with Crippen molar-refractivity contribution >= 4 is 21.9 Å². The van der Waals surface area contributed by atoms with Crippen LogP contribution in [0.15, 0.2) is 34.8 Å². The van der Waals surface area contributed by atoms with E-state index in [1.165, 1.54) is 13.2 Å². The molecule has 1 heterocycles. The van der Waals surface area contributed by atoms with Gasteiger partial charge in [-0.2, -0.15) is 0 Å². The standard InChI is InChI=1S/C22H21BrF2O4/c1-22(24,25)17-7-5-15-16(21(17)23)6-8-18(15)29-13-3-4-14-12(9-20(26)27-2)11-28-19(14)10-13/h3-5,7,10,12,18H,6,8-9,11H2,1-2H3/t12?,18-/m1/s1. The molecule has 2 atom stereocenters. The Morgan fingerprint density at radius 2 is 2.03 bits per heavy atom. The molecule has 0 spiro atoms. The summed E-state index contributed by atoms with van der Waals surface area (Å²) >= 11 is 3.36. The zero-order chi connectivity index (χ0) is 20.8. The summed E-state index contributed by atoms with van der Waals surface area (Å²) in [4.78, 5) is 11.6. The van der Waals surface area contributed by atoms with Gasteiger partial charge in [0, 0.05) is 34.5 Å². The van der Waals surface area contributed by atoms with Gasteiger partial charge < -0.3 is 14.2 Å². The van der Waals surface area contributed by atoms with Gasteiger partial charge in [-0.1, -0.05) is 18.2 Å². The molecule has 2 aromatic carbocycles. The Bertz CT molecular complexity index is 955. The van der Waals surface area contributed by atoms with Crippen LogP contribution in [0.1, 0.15) is 54.0 Å². The second-order valence-electron chi connectivity index (χ2n) is 7.52. The summed E-state index contributed by atoms with van der Waals surface area (Å²) in [5.74, 6) is -1.83. The number of hydrogen-bond donors (Lipinski definition) is 0. The van der Waals surface area contributed by atoms with Crippen LogP contribution in [0.2, 0.25) is 0 Å². The minimum atomic E-state index is -2.90. The smallest absolute Gasteiger partial charge is 0.306 e. The van der Waals surface area contributed by atoms with Crippen LogP contribution in [-0.4, -0.2) is 19.7 Å². The number of halogens is 3. The van der Waals surface area contributed by atoms with Gasteiger partial charge in [0.15, 0.2) is 0 Å². The number of carbonyl (C=O) groups is 1. The number of carbonyl (C=O) groups excluding carboxylic acids is 1. The van der Waals surface area contributed by atoms with Gasteiger partial charge in [0.2, 0.25) is 0 Å². The number of rotatable bonds is 5. The number of methoxy groups -OCH3 is 1. The second kappa shape index (κ2) is 7.59. The van der Waals surface area contributed by atoms with Crippen molar-refractivity contribution in [2.24, 2.45) is 0 Å². The first kappa shape index (κ1) is 20.1. The minimum absolute atomic E-state index is 0.000483. The van der Waals surface area contributed by atoms with Crippen LogP contribution >= 0.6 is 15.9 Å². The molecule has 1 aliphatic heterocycles. The minimum Gasteiger partial charge on any atom is -0.492 e. The largest absolute Gasteiger partial charge is 0.492 e. The lowest BCUT2D eigenvalue weighted by Gasteiger charge is -2.18. The van der Waals surface area contributed by atoms with Crippen LogP contribution in [0.4, 0.5) is 8.78 Å². The summed E-state index contributed by atoms with van der Waals surface area (Å²) in [6.45, 7) is 1.33. The molecule has 0 bridgehead atoms. The zero-order valence-corrected chi connectivity index (χ0v) is 17.7. The van der Waals surface area contributed by atoms with E-state index in [0.717, 1.165) is 30.0 Å². The SMILES string of the molecule is COC(=O)CC1COc2cc(O[C@@H]3CCc4c3ccc(C(C)(F)F)c4Br)ccc21. The molecule has 1 unspecified atom stereocenters. The van der Waals surface area contributed by atoms with Crippen LogP contribution < -0.4 is 9.47 Å². The number of benzene rings is 2. The molecule has 0 aromatic heterocycles. The van der Waals surface area contributed by atoms with Crippen LogP contribution in [0, 0.1) is 0 Å². The molecule has 0 N–H and O–H groups in total. The Hall–Kier alpha value is -2.15. The fraction of sp³-hybridized carbons (Fsp3) is 0.409. The van der Waals surface area contributed by atoms with Gasteiger partial charge in [-0.25, -0.2) is 8.78 Å². The summed E-state index contributed by atoms with van der Waals surface area (Å²) in [6, 6.07) is 8.81. The highest BCUT2D eigenvalue weighted by Crippen LogP contribution is 2.45. The molecule has 1 aliphatic carbocycles. The van der Waals surface area contributed by atoms with E-state index in [-0.39, 0.29) is 30.0 Å². The molecule has 0 saturated carbocycles. The lowest BCUT2D eigenvalue weighted by atomic mass is 9.98. The van der Waals surface area contributed by atoms with E-state index in [1.807, 2.05) is 18.2 Å². The van der Waals surface area contributed by atoms with Crippen LogP contribution in [0.5, 0.6) is 11.5 Å². The van der Waals surface area contributed by atoms with Crippen LogP contribution in [-0.2, 0) is 21.9 Å². The van der Waals surface area contributed by atoms with Gasteiger partial charge in [-0.3, -0.25) is 4.79 Å². The molecule has 4 rings (SSSR count). The Morgan fingerprint density at radius 1 is 1.28 bits per heavy atom. The summed E-state index contributed by atoms with van der Waals surface area (Å²) < 4.78 is 44.7. The van der Waals surface area contributed by atoms with Crippen molar-refractivity contribution in [3.8, 4) is 11.5 Å². The van der Waals surface area contributed by atoms with Crippen molar-refractivity contribution in [3.05, 3.63) is 57.1 Å². The van der Waals surface area contributed by atoms with Crippen molar-refractivity contribution in [1.29, 1.82) is 0 Å². The second-order valence-corrected chi connectivity index (χ2v) is 8.31. The number of ether oxygens (including phenoxy) is 3. The number of alkyl halides is 2. The van der Waals surface area contributed by atoms with Crippen molar-refractivity contribution in [2.45, 2.75) is 44.1 Å². The van der Waals surface area contributed by atoms with Crippen molar-refractivity contribution in [3.63, 3.8) is 0 Å². The van der Waals surface area contributed by atoms with Gasteiger partial charge >= 0.3 is 5.97 Å². The Kier molecular flexibility index (Phi) is 5.27. The highest BCUT2D eigenvalue weighted by molar-refractivity contribution is 9.10.